The van der Waals surface area contributed by atoms with Crippen LogP contribution in [0.1, 0.15) is 88.8 Å². The van der Waals surface area contributed by atoms with Gasteiger partial charge in [-0.3, -0.25) is 19.2 Å². The van der Waals surface area contributed by atoms with Crippen LogP contribution in [0.25, 0.3) is 5.53 Å². The van der Waals surface area contributed by atoms with Crippen molar-refractivity contribution in [1.82, 2.24) is 15.1 Å². The Balaban J connectivity index is 0.969. The Hall–Kier alpha value is -5.27. The summed E-state index contributed by atoms with van der Waals surface area (Å²) in [6.45, 7) is 7.76. The molecule has 0 saturated carbocycles. The highest BCUT2D eigenvalue weighted by Gasteiger charge is 2.62. The van der Waals surface area contributed by atoms with Gasteiger partial charge in [0.05, 0.1) is 31.7 Å². The SMILES string of the molecule is [N-]=[N+]=C1C(=O)c2ccc(C(=O)NCCOCCOCCCCCCCl)cc2C12c1ccc(N3CC(C(=O)N4CCCC4)C3)cc1Oc1cc(N3CC(C(=O)N4CCCC4)C3)ccc12. The standard InChI is InChI=1S/C48H56ClN7O7/c49-15-3-1-2-8-21-61-23-24-62-22-16-51-45(58)32-9-12-37-40(25-32)48(44(52-50)43(37)57)38-13-10-35(55-28-33(29-55)46(59)53-17-4-5-18-53)26-41(38)63-42-27-36(11-14-39(42)48)56-30-34(31-56)47(60)54-19-6-7-20-54/h9-14,25-27,33-34H,1-8,15-24,28-31H2,(H,51,58). The van der Waals surface area contributed by atoms with Crippen LogP contribution >= 0.6 is 11.6 Å². The summed E-state index contributed by atoms with van der Waals surface area (Å²) in [7, 11) is 0. The van der Waals surface area contributed by atoms with Crippen LogP contribution in [0, 0.1) is 11.8 Å². The molecule has 63 heavy (non-hydrogen) atoms. The summed E-state index contributed by atoms with van der Waals surface area (Å²) in [5, 5.41) is 2.94. The van der Waals surface area contributed by atoms with Gasteiger partial charge in [0.15, 0.2) is 5.41 Å². The van der Waals surface area contributed by atoms with Crippen molar-refractivity contribution in [3.8, 4) is 11.5 Å². The molecule has 1 N–H and O–H groups in total. The van der Waals surface area contributed by atoms with Crippen molar-refractivity contribution >= 4 is 52.2 Å². The lowest BCUT2D eigenvalue weighted by Gasteiger charge is -2.43. The van der Waals surface area contributed by atoms with Crippen molar-refractivity contribution in [3.63, 3.8) is 0 Å². The lowest BCUT2D eigenvalue weighted by Crippen LogP contribution is -2.54. The summed E-state index contributed by atoms with van der Waals surface area (Å²) < 4.78 is 18.1. The molecule has 1 spiro atoms. The summed E-state index contributed by atoms with van der Waals surface area (Å²) in [6.07, 6.45) is 8.38. The fourth-order valence-electron chi connectivity index (χ4n) is 10.1. The van der Waals surface area contributed by atoms with Gasteiger partial charge < -0.3 is 44.7 Å². The third kappa shape index (κ3) is 8.23. The largest absolute Gasteiger partial charge is 0.457 e. The van der Waals surface area contributed by atoms with E-state index in [1.54, 1.807) is 18.2 Å². The number of alkyl halides is 1. The topological polar surface area (TPSA) is 157 Å². The zero-order valence-corrected chi connectivity index (χ0v) is 36.6. The van der Waals surface area contributed by atoms with Crippen LogP contribution in [0.3, 0.4) is 0 Å². The number of hydrogen-bond acceptors (Lipinski definition) is 9. The number of unbranched alkanes of at least 4 members (excludes halogenated alkanes) is 3. The first-order chi connectivity index (χ1) is 30.8. The first kappa shape index (κ1) is 43.0. The summed E-state index contributed by atoms with van der Waals surface area (Å²) in [4.78, 5) is 66.4. The second-order valence-electron chi connectivity index (χ2n) is 17.6. The summed E-state index contributed by atoms with van der Waals surface area (Å²) in [5.41, 5.74) is 13.4. The van der Waals surface area contributed by atoms with Crippen LogP contribution in [-0.2, 0) is 24.5 Å². The molecule has 0 bridgehead atoms. The molecule has 0 radical (unpaired) electrons. The number of Topliss-reactive ketones (excluding diaryl/α,β-unsaturated/α-hetero) is 1. The number of nitrogens with zero attached hydrogens (tertiary/aromatic N) is 6. The molecule has 5 aliphatic heterocycles. The van der Waals surface area contributed by atoms with Gasteiger partial charge >= 0.3 is 5.71 Å². The molecule has 0 aromatic heterocycles. The summed E-state index contributed by atoms with van der Waals surface area (Å²) >= 11 is 5.74. The molecule has 1 aliphatic carbocycles. The molecule has 4 fully saturated rings. The minimum atomic E-state index is -1.42. The Labute approximate surface area is 373 Å². The van der Waals surface area contributed by atoms with Crippen LogP contribution in [0.5, 0.6) is 11.5 Å². The molecule has 0 atom stereocenters. The summed E-state index contributed by atoms with van der Waals surface area (Å²) in [6, 6.07) is 16.6. The Kier molecular flexibility index (Phi) is 12.9. The molecule has 15 heteroatoms. The van der Waals surface area contributed by atoms with Gasteiger partial charge in [-0.2, -0.15) is 4.79 Å². The van der Waals surface area contributed by atoms with Gasteiger partial charge in [-0.15, -0.1) is 11.6 Å². The molecule has 4 saturated heterocycles. The van der Waals surface area contributed by atoms with E-state index in [0.717, 1.165) is 88.9 Å². The van der Waals surface area contributed by atoms with E-state index in [1.165, 1.54) is 0 Å². The van der Waals surface area contributed by atoms with Crippen LogP contribution in [-0.4, -0.2) is 135 Å². The number of likely N-dealkylation sites (tertiary alicyclic amines) is 2. The monoisotopic (exact) mass is 877 g/mol. The Bertz CT molecular complexity index is 2200. The minimum absolute atomic E-state index is 0.0727. The lowest BCUT2D eigenvalue weighted by atomic mass is 9.67. The van der Waals surface area contributed by atoms with Crippen LogP contribution in [0.15, 0.2) is 54.6 Å². The number of ether oxygens (including phenoxy) is 3. The van der Waals surface area contributed by atoms with E-state index in [1.807, 2.05) is 46.2 Å². The molecular formula is C48H56ClN7O7. The predicted molar refractivity (Wildman–Crippen MR) is 238 cm³/mol. The van der Waals surface area contributed by atoms with Crippen molar-refractivity contribution in [2.45, 2.75) is 56.8 Å². The molecule has 0 unspecified atom stereocenters. The van der Waals surface area contributed by atoms with E-state index >= 15 is 0 Å². The van der Waals surface area contributed by atoms with Crippen LogP contribution < -0.4 is 19.9 Å². The van der Waals surface area contributed by atoms with Gasteiger partial charge in [0, 0.05) is 117 Å². The van der Waals surface area contributed by atoms with E-state index in [2.05, 4.69) is 19.9 Å². The lowest BCUT2D eigenvalue weighted by molar-refractivity contribution is -0.136. The van der Waals surface area contributed by atoms with Crippen molar-refractivity contribution in [1.29, 1.82) is 0 Å². The number of ketones is 1. The number of anilines is 2. The van der Waals surface area contributed by atoms with Gasteiger partial charge in [-0.05, 0) is 74.4 Å². The van der Waals surface area contributed by atoms with Crippen molar-refractivity contribution < 1.29 is 38.2 Å². The highest BCUT2D eigenvalue weighted by Crippen LogP contribution is 2.57. The molecule has 9 rings (SSSR count). The third-order valence-corrected chi connectivity index (χ3v) is 13.9. The molecular weight excluding hydrogens is 822 g/mol. The molecule has 5 heterocycles. The summed E-state index contributed by atoms with van der Waals surface area (Å²) in [5.74, 6) is 1.11. The third-order valence-electron chi connectivity index (χ3n) is 13.7. The number of carbonyl (C=O) groups is 4. The van der Waals surface area contributed by atoms with Crippen molar-refractivity contribution in [2.75, 3.05) is 101 Å². The van der Waals surface area contributed by atoms with Crippen molar-refractivity contribution in [3.05, 3.63) is 87.9 Å². The Morgan fingerprint density at radius 1 is 0.714 bits per heavy atom. The smallest absolute Gasteiger partial charge is 0.358 e. The minimum Gasteiger partial charge on any atom is -0.457 e. The van der Waals surface area contributed by atoms with Crippen LogP contribution in [0.2, 0.25) is 0 Å². The maximum atomic E-state index is 14.3. The number of hydrogen-bond donors (Lipinski definition) is 1. The molecule has 3 amide bonds. The van der Waals surface area contributed by atoms with Gasteiger partial charge in [-0.25, -0.2) is 0 Å². The number of fused-ring (bicyclic) bond motifs is 6. The maximum Gasteiger partial charge on any atom is 0.358 e. The van der Waals surface area contributed by atoms with Gasteiger partial charge in [0.25, 0.3) is 11.7 Å². The average molecular weight is 878 g/mol. The molecule has 3 aromatic carbocycles. The number of benzene rings is 3. The molecule has 6 aliphatic rings. The van der Waals surface area contributed by atoms with E-state index < -0.39 is 11.2 Å². The number of nitrogens with one attached hydrogen (secondary N) is 1. The zero-order valence-electron chi connectivity index (χ0n) is 35.8. The fraction of sp³-hybridized carbons (Fsp3) is 0.521. The molecule has 14 nitrogen and oxygen atoms in total. The first-order valence-electron chi connectivity index (χ1n) is 22.8. The molecule has 3 aromatic rings. The molecule has 332 valence electrons. The normalized spacial score (nSPS) is 18.7. The van der Waals surface area contributed by atoms with Crippen molar-refractivity contribution in [2.24, 2.45) is 11.8 Å². The Morgan fingerprint density at radius 2 is 1.27 bits per heavy atom. The van der Waals surface area contributed by atoms with Crippen LogP contribution in [0.4, 0.5) is 11.4 Å². The highest BCUT2D eigenvalue weighted by molar-refractivity contribution is 6.52. The fourth-order valence-corrected chi connectivity index (χ4v) is 10.3. The number of amides is 3. The number of rotatable bonds is 17. The first-order valence-corrected chi connectivity index (χ1v) is 23.3. The van der Waals surface area contributed by atoms with E-state index in [9.17, 15) is 24.7 Å². The average Bonchev–Trinajstić information content (AvgIpc) is 4.05. The van der Waals surface area contributed by atoms with Gasteiger partial charge in [-0.1, -0.05) is 25.0 Å². The predicted octanol–water partition coefficient (Wildman–Crippen LogP) is 5.67. The number of carbonyl (C=O) groups excluding carboxylic acids is 4. The number of halogens is 1. The zero-order chi connectivity index (χ0) is 43.5. The van der Waals surface area contributed by atoms with E-state index in [-0.39, 0.29) is 41.8 Å². The maximum absolute atomic E-state index is 14.3. The van der Waals surface area contributed by atoms with E-state index in [4.69, 9.17) is 25.8 Å². The highest BCUT2D eigenvalue weighted by atomic mass is 35.5. The second kappa shape index (κ2) is 18.8. The van der Waals surface area contributed by atoms with E-state index in [0.29, 0.717) is 97.8 Å². The Morgan fingerprint density at radius 3 is 1.83 bits per heavy atom. The quantitative estimate of drug-likeness (QED) is 0.0781. The second-order valence-corrected chi connectivity index (χ2v) is 18.0. The van der Waals surface area contributed by atoms with Gasteiger partial charge in [0.1, 0.15) is 11.5 Å². The van der Waals surface area contributed by atoms with Gasteiger partial charge in [0.2, 0.25) is 11.8 Å².